The molecule has 0 spiro atoms. The molecule has 0 radical (unpaired) electrons. The number of ether oxygens (including phenoxy) is 1. The predicted octanol–water partition coefficient (Wildman–Crippen LogP) is 2.90. The summed E-state index contributed by atoms with van der Waals surface area (Å²) < 4.78 is 30.4. The molecule has 100 valence electrons. The van der Waals surface area contributed by atoms with Gasteiger partial charge in [0.25, 0.3) is 0 Å². The first-order valence-electron chi connectivity index (χ1n) is 5.29. The molecular weight excluding hydrogens is 288 g/mol. The minimum absolute atomic E-state index is 0.301. The molecule has 1 N–H and O–H groups in total. The third kappa shape index (κ3) is 4.11. The molecule has 19 heavy (non-hydrogen) atoms. The molecule has 1 aromatic carbocycles. The second-order valence-electron chi connectivity index (χ2n) is 3.81. The molecule has 7 heteroatoms. The number of hydrogen-bond donors (Lipinski definition) is 1. The normalized spacial score (nSPS) is 11.1. The van der Waals surface area contributed by atoms with Crippen molar-refractivity contribution in [1.82, 2.24) is 4.98 Å². The van der Waals surface area contributed by atoms with Gasteiger partial charge >= 0.3 is 0 Å². The number of aromatic nitrogens is 1. The Morgan fingerprint density at radius 2 is 2.11 bits per heavy atom. The first kappa shape index (κ1) is 13.6. The highest BCUT2D eigenvalue weighted by atomic mass is 35.5. The number of benzene rings is 1. The van der Waals surface area contributed by atoms with E-state index in [1.165, 1.54) is 18.5 Å². The summed E-state index contributed by atoms with van der Waals surface area (Å²) in [6, 6.07) is 8.30. The van der Waals surface area contributed by atoms with Crippen molar-refractivity contribution in [2.24, 2.45) is 0 Å². The van der Waals surface area contributed by atoms with Crippen molar-refractivity contribution in [1.29, 1.82) is 0 Å². The van der Waals surface area contributed by atoms with Crippen LogP contribution in [-0.2, 0) is 10.0 Å². The predicted molar refractivity (Wildman–Crippen MR) is 74.2 cm³/mol. The summed E-state index contributed by atoms with van der Waals surface area (Å²) in [4.78, 5) is 3.90. The van der Waals surface area contributed by atoms with Crippen LogP contribution in [0.5, 0.6) is 11.5 Å². The zero-order chi connectivity index (χ0) is 13.9. The topological polar surface area (TPSA) is 68.3 Å². The van der Waals surface area contributed by atoms with Crippen molar-refractivity contribution in [2.45, 2.75) is 0 Å². The summed E-state index contributed by atoms with van der Waals surface area (Å²) in [6.07, 6.45) is 3.96. The molecule has 1 heterocycles. The Bertz CT molecular complexity index is 689. The van der Waals surface area contributed by atoms with E-state index in [0.29, 0.717) is 22.2 Å². The van der Waals surface area contributed by atoms with Crippen LogP contribution in [0.4, 0.5) is 5.69 Å². The maximum absolute atomic E-state index is 11.3. The molecule has 0 bridgehead atoms. The summed E-state index contributed by atoms with van der Waals surface area (Å²) in [5.41, 5.74) is 0.317. The van der Waals surface area contributed by atoms with Crippen LogP contribution in [0.25, 0.3) is 0 Å². The summed E-state index contributed by atoms with van der Waals surface area (Å²) in [7, 11) is -3.38. The van der Waals surface area contributed by atoms with Crippen molar-refractivity contribution in [3.8, 4) is 11.5 Å². The molecule has 0 saturated heterocycles. The zero-order valence-electron chi connectivity index (χ0n) is 10.00. The van der Waals surface area contributed by atoms with Gasteiger partial charge in [0.2, 0.25) is 10.0 Å². The van der Waals surface area contributed by atoms with Gasteiger partial charge in [-0.3, -0.25) is 9.71 Å². The van der Waals surface area contributed by atoms with E-state index in [4.69, 9.17) is 16.3 Å². The Hall–Kier alpha value is -1.79. The van der Waals surface area contributed by atoms with E-state index in [-0.39, 0.29) is 0 Å². The first-order valence-corrected chi connectivity index (χ1v) is 7.56. The Morgan fingerprint density at radius 3 is 2.79 bits per heavy atom. The van der Waals surface area contributed by atoms with Gasteiger partial charge in [-0.1, -0.05) is 17.7 Å². The van der Waals surface area contributed by atoms with Crippen LogP contribution in [0.2, 0.25) is 5.02 Å². The lowest BCUT2D eigenvalue weighted by Gasteiger charge is -2.11. The second-order valence-corrected chi connectivity index (χ2v) is 5.99. The monoisotopic (exact) mass is 298 g/mol. The number of sulfonamides is 1. The van der Waals surface area contributed by atoms with Crippen LogP contribution >= 0.6 is 11.6 Å². The van der Waals surface area contributed by atoms with E-state index < -0.39 is 10.0 Å². The number of rotatable bonds is 4. The molecule has 5 nitrogen and oxygen atoms in total. The zero-order valence-corrected chi connectivity index (χ0v) is 11.6. The highest BCUT2D eigenvalue weighted by molar-refractivity contribution is 7.92. The molecule has 0 saturated carbocycles. The van der Waals surface area contributed by atoms with Crippen LogP contribution in [0, 0.1) is 0 Å². The highest BCUT2D eigenvalue weighted by Gasteiger charge is 2.09. The quantitative estimate of drug-likeness (QED) is 0.942. The second kappa shape index (κ2) is 5.46. The van der Waals surface area contributed by atoms with Crippen LogP contribution in [-0.4, -0.2) is 19.7 Å². The van der Waals surface area contributed by atoms with Crippen molar-refractivity contribution in [2.75, 3.05) is 11.0 Å². The van der Waals surface area contributed by atoms with E-state index >= 15 is 0 Å². The SMILES string of the molecule is CS(=O)(=O)Nc1ccncc1Oc1cccc(Cl)c1. The molecule has 0 fully saturated rings. The third-order valence-electron chi connectivity index (χ3n) is 2.10. The van der Waals surface area contributed by atoms with Crippen LogP contribution < -0.4 is 9.46 Å². The summed E-state index contributed by atoms with van der Waals surface area (Å²) in [5.74, 6) is 0.798. The summed E-state index contributed by atoms with van der Waals surface area (Å²) in [6.45, 7) is 0. The number of pyridine rings is 1. The minimum Gasteiger partial charge on any atom is -0.453 e. The molecule has 0 unspecified atom stereocenters. The van der Waals surface area contributed by atoms with Crippen LogP contribution in [0.3, 0.4) is 0 Å². The van der Waals surface area contributed by atoms with E-state index in [0.717, 1.165) is 6.26 Å². The minimum atomic E-state index is -3.38. The fraction of sp³-hybridized carbons (Fsp3) is 0.0833. The van der Waals surface area contributed by atoms with E-state index in [9.17, 15) is 8.42 Å². The fourth-order valence-electron chi connectivity index (χ4n) is 1.40. The molecule has 0 aliphatic heterocycles. The number of hydrogen-bond acceptors (Lipinski definition) is 4. The Labute approximate surface area is 116 Å². The fourth-order valence-corrected chi connectivity index (χ4v) is 2.15. The first-order chi connectivity index (χ1) is 8.94. The number of anilines is 1. The average molecular weight is 299 g/mol. The maximum Gasteiger partial charge on any atom is 0.229 e. The van der Waals surface area contributed by atoms with Crippen molar-refractivity contribution in [3.05, 3.63) is 47.7 Å². The molecule has 1 aromatic heterocycles. The standard InChI is InChI=1S/C12H11ClN2O3S/c1-19(16,17)15-11-5-6-14-8-12(11)18-10-4-2-3-9(13)7-10/h2-8H,1H3,(H,14,15). The van der Waals surface area contributed by atoms with Gasteiger partial charge in [0.1, 0.15) is 5.75 Å². The van der Waals surface area contributed by atoms with Crippen LogP contribution in [0.15, 0.2) is 42.7 Å². The molecular formula is C12H11ClN2O3S. The molecule has 0 amide bonds. The van der Waals surface area contributed by atoms with Gasteiger partial charge in [0.05, 0.1) is 18.1 Å². The van der Waals surface area contributed by atoms with E-state index in [2.05, 4.69) is 9.71 Å². The lowest BCUT2D eigenvalue weighted by Crippen LogP contribution is -2.10. The molecule has 2 rings (SSSR count). The Morgan fingerprint density at radius 1 is 1.32 bits per heavy atom. The summed E-state index contributed by atoms with van der Waals surface area (Å²) >= 11 is 5.85. The Balaban J connectivity index is 2.30. The Kier molecular flexibility index (Phi) is 3.92. The van der Waals surface area contributed by atoms with Crippen molar-refractivity contribution < 1.29 is 13.2 Å². The largest absolute Gasteiger partial charge is 0.453 e. The lowest BCUT2D eigenvalue weighted by atomic mass is 10.3. The molecule has 2 aromatic rings. The number of nitrogens with zero attached hydrogens (tertiary/aromatic N) is 1. The van der Waals surface area contributed by atoms with Crippen LogP contribution in [0.1, 0.15) is 0 Å². The van der Waals surface area contributed by atoms with Gasteiger partial charge in [-0.15, -0.1) is 0 Å². The van der Waals surface area contributed by atoms with Gasteiger partial charge in [0, 0.05) is 11.2 Å². The molecule has 0 aliphatic carbocycles. The molecule has 0 aliphatic rings. The van der Waals surface area contributed by atoms with Gasteiger partial charge in [-0.2, -0.15) is 0 Å². The van der Waals surface area contributed by atoms with Gasteiger partial charge in [-0.05, 0) is 24.3 Å². The third-order valence-corrected chi connectivity index (χ3v) is 2.93. The number of halogens is 1. The average Bonchev–Trinajstić information content (AvgIpc) is 2.30. The molecule has 0 atom stereocenters. The smallest absolute Gasteiger partial charge is 0.229 e. The number of nitrogens with one attached hydrogen (secondary N) is 1. The van der Waals surface area contributed by atoms with Gasteiger partial charge in [0.15, 0.2) is 5.75 Å². The summed E-state index contributed by atoms with van der Waals surface area (Å²) in [5, 5.41) is 0.527. The van der Waals surface area contributed by atoms with E-state index in [1.54, 1.807) is 24.3 Å². The highest BCUT2D eigenvalue weighted by Crippen LogP contribution is 2.29. The van der Waals surface area contributed by atoms with Crippen molar-refractivity contribution >= 4 is 27.3 Å². The van der Waals surface area contributed by atoms with E-state index in [1.807, 2.05) is 0 Å². The van der Waals surface area contributed by atoms with Gasteiger partial charge in [-0.25, -0.2) is 8.42 Å². The maximum atomic E-state index is 11.3. The van der Waals surface area contributed by atoms with Crippen molar-refractivity contribution in [3.63, 3.8) is 0 Å². The lowest BCUT2D eigenvalue weighted by molar-refractivity contribution is 0.482. The van der Waals surface area contributed by atoms with Gasteiger partial charge < -0.3 is 4.74 Å².